The van der Waals surface area contributed by atoms with E-state index in [0.29, 0.717) is 5.92 Å². The van der Waals surface area contributed by atoms with Gasteiger partial charge in [-0.3, -0.25) is 4.90 Å². The van der Waals surface area contributed by atoms with E-state index in [0.717, 1.165) is 25.7 Å². The molecule has 5 heteroatoms. The van der Waals surface area contributed by atoms with Crippen molar-refractivity contribution in [2.45, 2.75) is 50.9 Å². The highest BCUT2D eigenvalue weighted by Gasteiger charge is 2.36. The van der Waals surface area contributed by atoms with E-state index in [1.807, 2.05) is 0 Å². The lowest BCUT2D eigenvalue weighted by molar-refractivity contribution is -0.149. The number of hydrogen-bond donors (Lipinski definition) is 1. The molecule has 0 saturated heterocycles. The first-order valence-corrected chi connectivity index (χ1v) is 5.86. The van der Waals surface area contributed by atoms with Crippen LogP contribution in [0.4, 0.5) is 13.2 Å². The molecule has 0 amide bonds. The van der Waals surface area contributed by atoms with E-state index in [1.165, 1.54) is 11.9 Å². The monoisotopic (exact) mass is 238 g/mol. The maximum Gasteiger partial charge on any atom is 0.401 e. The second kappa shape index (κ2) is 5.36. The second-order valence-electron chi connectivity index (χ2n) is 4.85. The summed E-state index contributed by atoms with van der Waals surface area (Å²) in [5.74, 6) is 0.528. The molecule has 1 aliphatic carbocycles. The van der Waals surface area contributed by atoms with Crippen LogP contribution in [0.5, 0.6) is 0 Å². The van der Waals surface area contributed by atoms with Gasteiger partial charge in [-0.15, -0.1) is 0 Å². The van der Waals surface area contributed by atoms with Gasteiger partial charge < -0.3 is 5.73 Å². The summed E-state index contributed by atoms with van der Waals surface area (Å²) in [4.78, 5) is 1.37. The first kappa shape index (κ1) is 13.8. The van der Waals surface area contributed by atoms with Crippen molar-refractivity contribution < 1.29 is 13.2 Å². The van der Waals surface area contributed by atoms with E-state index in [9.17, 15) is 13.2 Å². The van der Waals surface area contributed by atoms with Crippen molar-refractivity contribution in [2.75, 3.05) is 13.6 Å². The molecular formula is C11H21F3N2. The summed E-state index contributed by atoms with van der Waals surface area (Å²) in [5.41, 5.74) is 5.91. The predicted octanol–water partition coefficient (Wildman–Crippen LogP) is 2.39. The quantitative estimate of drug-likeness (QED) is 0.818. The number of nitrogens with zero attached hydrogens (tertiary/aromatic N) is 1. The molecular weight excluding hydrogens is 217 g/mol. The molecule has 1 fully saturated rings. The van der Waals surface area contributed by atoms with Crippen molar-refractivity contribution in [1.82, 2.24) is 4.90 Å². The van der Waals surface area contributed by atoms with Gasteiger partial charge >= 0.3 is 6.18 Å². The van der Waals surface area contributed by atoms with Crippen LogP contribution in [-0.4, -0.2) is 36.8 Å². The van der Waals surface area contributed by atoms with Crippen molar-refractivity contribution in [3.05, 3.63) is 0 Å². The summed E-state index contributed by atoms with van der Waals surface area (Å²) < 4.78 is 36.9. The van der Waals surface area contributed by atoms with E-state index in [1.54, 1.807) is 0 Å². The van der Waals surface area contributed by atoms with E-state index in [4.69, 9.17) is 5.73 Å². The molecule has 0 spiro atoms. The molecule has 0 heterocycles. The van der Waals surface area contributed by atoms with Gasteiger partial charge in [0.2, 0.25) is 0 Å². The molecule has 16 heavy (non-hydrogen) atoms. The minimum Gasteiger partial charge on any atom is -0.326 e. The highest BCUT2D eigenvalue weighted by atomic mass is 19.4. The van der Waals surface area contributed by atoms with Crippen molar-refractivity contribution in [2.24, 2.45) is 11.7 Å². The first-order chi connectivity index (χ1) is 7.33. The molecule has 0 bridgehead atoms. The van der Waals surface area contributed by atoms with Gasteiger partial charge in [-0.2, -0.15) is 13.2 Å². The lowest BCUT2D eigenvalue weighted by Gasteiger charge is -2.39. The van der Waals surface area contributed by atoms with Crippen molar-refractivity contribution in [3.8, 4) is 0 Å². The SMILES string of the molecule is CCC1CCC(N)C(N(C)CC(F)(F)F)C1. The van der Waals surface area contributed by atoms with Gasteiger partial charge in [0.05, 0.1) is 6.54 Å². The zero-order valence-electron chi connectivity index (χ0n) is 9.93. The predicted molar refractivity (Wildman–Crippen MR) is 58.1 cm³/mol. The second-order valence-corrected chi connectivity index (χ2v) is 4.85. The average Bonchev–Trinajstić information content (AvgIpc) is 2.15. The molecule has 96 valence electrons. The highest BCUT2D eigenvalue weighted by molar-refractivity contribution is 4.88. The Bertz CT molecular complexity index is 218. The number of rotatable bonds is 3. The van der Waals surface area contributed by atoms with Crippen LogP contribution in [0.3, 0.4) is 0 Å². The highest BCUT2D eigenvalue weighted by Crippen LogP contribution is 2.30. The molecule has 2 N–H and O–H groups in total. The van der Waals surface area contributed by atoms with Gasteiger partial charge in [0.1, 0.15) is 0 Å². The minimum atomic E-state index is -4.13. The van der Waals surface area contributed by atoms with E-state index in [-0.39, 0.29) is 12.1 Å². The molecule has 0 aliphatic heterocycles. The normalized spacial score (nSPS) is 32.1. The summed E-state index contributed by atoms with van der Waals surface area (Å²) in [6.45, 7) is 1.23. The van der Waals surface area contributed by atoms with Crippen molar-refractivity contribution in [3.63, 3.8) is 0 Å². The molecule has 0 aromatic rings. The Labute approximate surface area is 95.0 Å². The molecule has 3 atom stereocenters. The van der Waals surface area contributed by atoms with Crippen LogP contribution in [-0.2, 0) is 0 Å². The Balaban J connectivity index is 2.55. The molecule has 1 saturated carbocycles. The maximum atomic E-state index is 12.3. The summed E-state index contributed by atoms with van der Waals surface area (Å²) in [5, 5.41) is 0. The van der Waals surface area contributed by atoms with Gasteiger partial charge in [0.25, 0.3) is 0 Å². The van der Waals surface area contributed by atoms with Gasteiger partial charge in [-0.1, -0.05) is 13.3 Å². The van der Waals surface area contributed by atoms with Crippen LogP contribution in [0.15, 0.2) is 0 Å². The van der Waals surface area contributed by atoms with Crippen LogP contribution in [0, 0.1) is 5.92 Å². The fourth-order valence-corrected chi connectivity index (χ4v) is 2.53. The summed E-state index contributed by atoms with van der Waals surface area (Å²) in [6.07, 6.45) is -0.416. The maximum absolute atomic E-state index is 12.3. The van der Waals surface area contributed by atoms with Crippen LogP contribution >= 0.6 is 0 Å². The first-order valence-electron chi connectivity index (χ1n) is 5.86. The molecule has 1 aliphatic rings. The van der Waals surface area contributed by atoms with Gasteiger partial charge in [-0.25, -0.2) is 0 Å². The number of hydrogen-bond acceptors (Lipinski definition) is 2. The molecule has 0 radical (unpaired) electrons. The number of halogens is 3. The number of nitrogens with two attached hydrogens (primary N) is 1. The molecule has 0 aromatic carbocycles. The average molecular weight is 238 g/mol. The summed E-state index contributed by atoms with van der Waals surface area (Å²) in [6, 6.07) is -0.240. The lowest BCUT2D eigenvalue weighted by atomic mass is 9.81. The Morgan fingerprint density at radius 1 is 1.31 bits per heavy atom. The van der Waals surface area contributed by atoms with Crippen LogP contribution in [0.1, 0.15) is 32.6 Å². The third-order valence-electron chi connectivity index (χ3n) is 3.55. The van der Waals surface area contributed by atoms with Gasteiger partial charge in [-0.05, 0) is 32.2 Å². The van der Waals surface area contributed by atoms with Gasteiger partial charge in [0, 0.05) is 12.1 Å². The Morgan fingerprint density at radius 3 is 2.44 bits per heavy atom. The standard InChI is InChI=1S/C11H21F3N2/c1-3-8-4-5-9(15)10(6-8)16(2)7-11(12,13)14/h8-10H,3-7,15H2,1-2H3. The molecule has 2 nitrogen and oxygen atoms in total. The van der Waals surface area contributed by atoms with Crippen molar-refractivity contribution >= 4 is 0 Å². The third-order valence-corrected chi connectivity index (χ3v) is 3.55. The molecule has 0 aromatic heterocycles. The Morgan fingerprint density at radius 2 is 1.94 bits per heavy atom. The van der Waals surface area contributed by atoms with E-state index in [2.05, 4.69) is 6.92 Å². The van der Waals surface area contributed by atoms with Gasteiger partial charge in [0.15, 0.2) is 0 Å². The number of alkyl halides is 3. The van der Waals surface area contributed by atoms with E-state index < -0.39 is 12.7 Å². The Hall–Kier alpha value is -0.290. The summed E-state index contributed by atoms with van der Waals surface area (Å²) in [7, 11) is 1.52. The van der Waals surface area contributed by atoms with Crippen molar-refractivity contribution in [1.29, 1.82) is 0 Å². The van der Waals surface area contributed by atoms with E-state index >= 15 is 0 Å². The number of likely N-dealkylation sites (N-methyl/N-ethyl adjacent to an activating group) is 1. The molecule has 1 rings (SSSR count). The zero-order valence-corrected chi connectivity index (χ0v) is 9.93. The summed E-state index contributed by atoms with van der Waals surface area (Å²) >= 11 is 0. The minimum absolute atomic E-state index is 0.116. The van der Waals surface area contributed by atoms with Crippen LogP contribution in [0.25, 0.3) is 0 Å². The fraction of sp³-hybridized carbons (Fsp3) is 1.00. The zero-order chi connectivity index (χ0) is 12.3. The lowest BCUT2D eigenvalue weighted by Crippen LogP contribution is -2.52. The van der Waals surface area contributed by atoms with Crippen LogP contribution in [0.2, 0.25) is 0 Å². The molecule has 3 unspecified atom stereocenters. The van der Waals surface area contributed by atoms with Crippen LogP contribution < -0.4 is 5.73 Å². The third kappa shape index (κ3) is 3.94. The Kier molecular flexibility index (Phi) is 4.62. The smallest absolute Gasteiger partial charge is 0.326 e. The largest absolute Gasteiger partial charge is 0.401 e. The fourth-order valence-electron chi connectivity index (χ4n) is 2.53. The topological polar surface area (TPSA) is 29.3 Å².